The van der Waals surface area contributed by atoms with Crippen molar-refractivity contribution in [3.63, 3.8) is 0 Å². The van der Waals surface area contributed by atoms with Crippen molar-refractivity contribution >= 4 is 12.0 Å². The Hall–Kier alpha value is -1.22. The zero-order chi connectivity index (χ0) is 24.7. The number of unbranched alkanes of at least 4 members (excludes halogenated alkanes) is 3. The average Bonchev–Trinajstić information content (AvgIpc) is 3.07. The zero-order valence-electron chi connectivity index (χ0n) is 22.9. The Balaban J connectivity index is 1.33. The average molecular weight is 480 g/mol. The molecule has 5 rings (SSSR count). The number of ketones is 1. The molecule has 3 unspecified atom stereocenters. The summed E-state index contributed by atoms with van der Waals surface area (Å²) in [7, 11) is 0. The van der Waals surface area contributed by atoms with Crippen molar-refractivity contribution in [1.82, 2.24) is 0 Å². The van der Waals surface area contributed by atoms with E-state index in [2.05, 4.69) is 45.9 Å². The summed E-state index contributed by atoms with van der Waals surface area (Å²) in [5.74, 6) is 4.15. The van der Waals surface area contributed by atoms with Gasteiger partial charge in [-0.3, -0.25) is 9.79 Å². The Bertz CT molecular complexity index is 888. The minimum atomic E-state index is -0.357. The van der Waals surface area contributed by atoms with Gasteiger partial charge in [-0.2, -0.15) is 0 Å². The number of allylic oxidation sites excluding steroid dienone is 2. The second kappa shape index (κ2) is 9.92. The van der Waals surface area contributed by atoms with Crippen LogP contribution in [0.2, 0.25) is 0 Å². The minimum Gasteiger partial charge on any atom is -0.367 e. The number of rotatable bonds is 7. The fraction of sp³-hybridized carbons (Fsp3) is 0.812. The van der Waals surface area contributed by atoms with Crippen LogP contribution in [0.3, 0.4) is 0 Å². The molecule has 35 heavy (non-hydrogen) atoms. The van der Waals surface area contributed by atoms with Crippen molar-refractivity contribution in [2.24, 2.45) is 45.4 Å². The number of hydrogen-bond acceptors (Lipinski definition) is 3. The molecule has 5 aliphatic rings. The molecule has 0 spiro atoms. The summed E-state index contributed by atoms with van der Waals surface area (Å²) in [6.07, 6.45) is 24.3. The first-order valence-corrected chi connectivity index (χ1v) is 14.9. The van der Waals surface area contributed by atoms with Crippen molar-refractivity contribution < 1.29 is 9.53 Å². The monoisotopic (exact) mass is 479 g/mol. The highest BCUT2D eigenvalue weighted by Crippen LogP contribution is 2.68. The van der Waals surface area contributed by atoms with Crippen LogP contribution < -0.4 is 0 Å². The van der Waals surface area contributed by atoms with Crippen molar-refractivity contribution in [2.45, 2.75) is 117 Å². The van der Waals surface area contributed by atoms with Gasteiger partial charge in [0, 0.05) is 37.3 Å². The number of carbonyl (C=O) groups is 1. The van der Waals surface area contributed by atoms with Crippen LogP contribution in [0.4, 0.5) is 0 Å². The van der Waals surface area contributed by atoms with Crippen molar-refractivity contribution in [3.8, 4) is 0 Å². The highest BCUT2D eigenvalue weighted by Gasteiger charge is 2.60. The molecule has 4 aliphatic carbocycles. The number of nitrogens with zero attached hydrogens (tertiary/aromatic N) is 1. The summed E-state index contributed by atoms with van der Waals surface area (Å²) in [4.78, 5) is 17.2. The Morgan fingerprint density at radius 3 is 2.63 bits per heavy atom. The van der Waals surface area contributed by atoms with Gasteiger partial charge in [0.15, 0.2) is 0 Å². The van der Waals surface area contributed by atoms with Crippen LogP contribution in [0.5, 0.6) is 0 Å². The van der Waals surface area contributed by atoms with Gasteiger partial charge in [0.2, 0.25) is 0 Å². The molecule has 0 radical (unpaired) electrons. The summed E-state index contributed by atoms with van der Waals surface area (Å²) in [5, 5.41) is 0. The molecule has 1 aliphatic heterocycles. The SMILES string of the molecule is CCCCCCOC1(C)C=CC=NC(C2CC[C@H]3[C@@H]4CCC5CC(=O)CC[C@]5(C)[C@H]4CC[C@]23C)=C1. The van der Waals surface area contributed by atoms with Gasteiger partial charge >= 0.3 is 0 Å². The van der Waals surface area contributed by atoms with Gasteiger partial charge in [0.1, 0.15) is 11.4 Å². The smallest absolute Gasteiger partial charge is 0.133 e. The van der Waals surface area contributed by atoms with E-state index in [1.807, 2.05) is 6.21 Å². The van der Waals surface area contributed by atoms with Crippen LogP contribution in [0.25, 0.3) is 0 Å². The van der Waals surface area contributed by atoms with Gasteiger partial charge in [-0.05, 0) is 111 Å². The molecule has 0 bridgehead atoms. The van der Waals surface area contributed by atoms with Gasteiger partial charge in [-0.1, -0.05) is 40.0 Å². The molecule has 0 aromatic heterocycles. The van der Waals surface area contributed by atoms with Crippen LogP contribution in [0, 0.1) is 40.4 Å². The summed E-state index contributed by atoms with van der Waals surface area (Å²) >= 11 is 0. The van der Waals surface area contributed by atoms with E-state index < -0.39 is 0 Å². The fourth-order valence-corrected chi connectivity index (χ4v) is 9.37. The van der Waals surface area contributed by atoms with E-state index in [-0.39, 0.29) is 5.60 Å². The first-order valence-electron chi connectivity index (χ1n) is 14.9. The topological polar surface area (TPSA) is 38.7 Å². The fourth-order valence-electron chi connectivity index (χ4n) is 9.37. The van der Waals surface area contributed by atoms with E-state index in [4.69, 9.17) is 9.73 Å². The number of aliphatic imine (C=N–C) groups is 1. The number of Topliss-reactive ketones (excluding diaryl/α,β-unsaturated/α-hetero) is 1. The maximum Gasteiger partial charge on any atom is 0.133 e. The predicted molar refractivity (Wildman–Crippen MR) is 144 cm³/mol. The van der Waals surface area contributed by atoms with Gasteiger partial charge in [-0.25, -0.2) is 0 Å². The van der Waals surface area contributed by atoms with E-state index >= 15 is 0 Å². The van der Waals surface area contributed by atoms with E-state index in [1.54, 1.807) is 0 Å². The standard InChI is InChI=1S/C32H49NO2/c1-5-6-7-8-20-35-30(2)16-9-19-33-29(22-30)28-13-12-26-25-11-10-23-21-24(34)14-17-31(23,3)27(25)15-18-32(26,28)4/h9,16,19,22-23,25-28H,5-8,10-15,17-18,20-21H2,1-4H3/t23?,25-,26-,27-,28?,30?,31-,32-/m0/s1. The summed E-state index contributed by atoms with van der Waals surface area (Å²) in [5.41, 5.74) is 1.65. The normalized spacial score (nSPS) is 44.9. The van der Waals surface area contributed by atoms with E-state index in [9.17, 15) is 4.79 Å². The van der Waals surface area contributed by atoms with E-state index in [1.165, 1.54) is 63.5 Å². The van der Waals surface area contributed by atoms with E-state index in [0.29, 0.717) is 28.4 Å². The number of carbonyl (C=O) groups excluding carboxylic acids is 1. The highest BCUT2D eigenvalue weighted by atomic mass is 16.5. The molecule has 0 aromatic rings. The molecule has 8 atom stereocenters. The molecule has 1 heterocycles. The number of hydrogen-bond donors (Lipinski definition) is 0. The first kappa shape index (κ1) is 25.4. The van der Waals surface area contributed by atoms with Crippen molar-refractivity contribution in [1.29, 1.82) is 0 Å². The molecule has 3 nitrogen and oxygen atoms in total. The summed E-state index contributed by atoms with van der Waals surface area (Å²) in [6.45, 7) is 10.5. The third-order valence-corrected chi connectivity index (χ3v) is 11.4. The molecule has 0 amide bonds. The first-order chi connectivity index (χ1) is 16.8. The largest absolute Gasteiger partial charge is 0.367 e. The van der Waals surface area contributed by atoms with Gasteiger partial charge < -0.3 is 4.74 Å². The van der Waals surface area contributed by atoms with Crippen LogP contribution in [-0.2, 0) is 9.53 Å². The lowest BCUT2D eigenvalue weighted by molar-refractivity contribution is -0.139. The highest BCUT2D eigenvalue weighted by molar-refractivity contribution is 5.79. The molecule has 0 aromatic carbocycles. The molecule has 4 saturated carbocycles. The minimum absolute atomic E-state index is 0.338. The van der Waals surface area contributed by atoms with Crippen molar-refractivity contribution in [2.75, 3.05) is 6.61 Å². The van der Waals surface area contributed by atoms with E-state index in [0.717, 1.165) is 50.0 Å². The predicted octanol–water partition coefficient (Wildman–Crippen LogP) is 8.09. The Labute approximate surface area is 214 Å². The number of ether oxygens (including phenoxy) is 1. The maximum absolute atomic E-state index is 12.2. The van der Waals surface area contributed by atoms with Crippen LogP contribution in [0.15, 0.2) is 28.9 Å². The Morgan fingerprint density at radius 2 is 1.80 bits per heavy atom. The Kier molecular flexibility index (Phi) is 7.21. The van der Waals surface area contributed by atoms with Gasteiger partial charge in [0.05, 0.1) is 0 Å². The lowest BCUT2D eigenvalue weighted by Crippen LogP contribution is -2.53. The van der Waals surface area contributed by atoms with Crippen LogP contribution in [-0.4, -0.2) is 24.2 Å². The lowest BCUT2D eigenvalue weighted by Gasteiger charge is -2.60. The Morgan fingerprint density at radius 1 is 0.971 bits per heavy atom. The second-order valence-electron chi connectivity index (χ2n) is 13.4. The molecule has 194 valence electrons. The molecule has 4 fully saturated rings. The van der Waals surface area contributed by atoms with Crippen LogP contribution >= 0.6 is 0 Å². The second-order valence-corrected chi connectivity index (χ2v) is 13.4. The molecular weight excluding hydrogens is 430 g/mol. The number of fused-ring (bicyclic) bond motifs is 5. The summed E-state index contributed by atoms with van der Waals surface area (Å²) < 4.78 is 6.45. The zero-order valence-corrected chi connectivity index (χ0v) is 22.9. The quantitative estimate of drug-likeness (QED) is 0.346. The lowest BCUT2D eigenvalue weighted by atomic mass is 9.44. The van der Waals surface area contributed by atoms with Gasteiger partial charge in [-0.15, -0.1) is 0 Å². The molecule has 3 heteroatoms. The maximum atomic E-state index is 12.2. The molecular formula is C32H49NO2. The third kappa shape index (κ3) is 4.64. The summed E-state index contributed by atoms with van der Waals surface area (Å²) in [6, 6.07) is 0. The van der Waals surface area contributed by atoms with Crippen molar-refractivity contribution in [3.05, 3.63) is 23.9 Å². The van der Waals surface area contributed by atoms with Crippen LogP contribution in [0.1, 0.15) is 111 Å². The van der Waals surface area contributed by atoms with Gasteiger partial charge in [0.25, 0.3) is 0 Å². The third-order valence-electron chi connectivity index (χ3n) is 11.4. The molecule has 0 N–H and O–H groups in total. The molecule has 0 saturated heterocycles.